The van der Waals surface area contributed by atoms with Crippen LogP contribution < -0.4 is 0 Å². The first kappa shape index (κ1) is 15.8. The number of rotatable bonds is 4. The smallest absolute Gasteiger partial charge is 0.206 e. The van der Waals surface area contributed by atoms with E-state index in [9.17, 15) is 8.42 Å². The topological polar surface area (TPSA) is 37.4 Å². The number of benzene rings is 2. The quantitative estimate of drug-likeness (QED) is 0.560. The minimum absolute atomic E-state index is 0.321. The standard InChI is InChI=1S/C14H14INO2S2/c1-16(2)19-12-5-9-14(10-6-12)20(17,18)13-7-3-11(15)4-8-13/h3-10H,1-2H3. The first-order chi connectivity index (χ1) is 9.39. The molecule has 0 aliphatic carbocycles. The average Bonchev–Trinajstić information content (AvgIpc) is 2.39. The lowest BCUT2D eigenvalue weighted by Crippen LogP contribution is -2.02. The van der Waals surface area contributed by atoms with E-state index in [2.05, 4.69) is 22.6 Å². The summed E-state index contributed by atoms with van der Waals surface area (Å²) < 4.78 is 27.9. The minimum Gasteiger partial charge on any atom is -0.253 e. The van der Waals surface area contributed by atoms with Gasteiger partial charge in [-0.25, -0.2) is 8.42 Å². The summed E-state index contributed by atoms with van der Waals surface area (Å²) in [4.78, 5) is 1.66. The van der Waals surface area contributed by atoms with Crippen molar-refractivity contribution in [3.05, 3.63) is 52.1 Å². The Labute approximate surface area is 137 Å². The van der Waals surface area contributed by atoms with Crippen molar-refractivity contribution in [1.29, 1.82) is 0 Å². The van der Waals surface area contributed by atoms with Crippen LogP contribution in [0.4, 0.5) is 0 Å². The Hall–Kier alpha value is -0.570. The van der Waals surface area contributed by atoms with Crippen LogP contribution in [0.1, 0.15) is 0 Å². The Morgan fingerprint density at radius 3 is 1.80 bits per heavy atom. The summed E-state index contributed by atoms with van der Waals surface area (Å²) in [6.45, 7) is 0. The molecule has 0 unspecified atom stereocenters. The van der Waals surface area contributed by atoms with Gasteiger partial charge < -0.3 is 0 Å². The van der Waals surface area contributed by atoms with Crippen LogP contribution >= 0.6 is 34.5 Å². The lowest BCUT2D eigenvalue weighted by Gasteiger charge is -2.09. The summed E-state index contributed by atoms with van der Waals surface area (Å²) in [6, 6.07) is 13.8. The van der Waals surface area contributed by atoms with Gasteiger partial charge in [-0.05, 0) is 97.2 Å². The second kappa shape index (κ2) is 6.46. The van der Waals surface area contributed by atoms with Crippen LogP contribution in [0, 0.1) is 3.57 Å². The SMILES string of the molecule is CN(C)Sc1ccc(S(=O)(=O)c2ccc(I)cc2)cc1. The summed E-state index contributed by atoms with van der Waals surface area (Å²) in [7, 11) is 0.464. The Morgan fingerprint density at radius 1 is 0.900 bits per heavy atom. The lowest BCUT2D eigenvalue weighted by atomic mass is 10.4. The van der Waals surface area contributed by atoms with Gasteiger partial charge in [-0.2, -0.15) is 0 Å². The molecule has 0 aliphatic heterocycles. The predicted octanol–water partition coefficient (Wildman–Crippen LogP) is 3.69. The third kappa shape index (κ3) is 3.75. The van der Waals surface area contributed by atoms with Crippen molar-refractivity contribution in [2.24, 2.45) is 0 Å². The molecule has 0 aliphatic rings. The Kier molecular flexibility index (Phi) is 5.11. The molecule has 0 radical (unpaired) electrons. The van der Waals surface area contributed by atoms with E-state index in [1.165, 1.54) is 0 Å². The highest BCUT2D eigenvalue weighted by Gasteiger charge is 2.17. The number of hydrogen-bond donors (Lipinski definition) is 0. The van der Waals surface area contributed by atoms with Gasteiger partial charge in [-0.1, -0.05) is 0 Å². The number of nitrogens with zero attached hydrogens (tertiary/aromatic N) is 1. The number of hydrogen-bond acceptors (Lipinski definition) is 4. The Bertz CT molecular complexity index is 680. The predicted molar refractivity (Wildman–Crippen MR) is 90.6 cm³/mol. The van der Waals surface area contributed by atoms with Crippen molar-refractivity contribution in [3.8, 4) is 0 Å². The zero-order chi connectivity index (χ0) is 14.8. The fraction of sp³-hybridized carbons (Fsp3) is 0.143. The summed E-state index contributed by atoms with van der Waals surface area (Å²) in [5.74, 6) is 0. The third-order valence-electron chi connectivity index (χ3n) is 2.55. The van der Waals surface area contributed by atoms with E-state index >= 15 is 0 Å². The van der Waals surface area contributed by atoms with Crippen molar-refractivity contribution in [2.45, 2.75) is 14.7 Å². The van der Waals surface area contributed by atoms with Gasteiger partial charge in [0.2, 0.25) is 9.84 Å². The van der Waals surface area contributed by atoms with Crippen LogP contribution in [-0.4, -0.2) is 26.8 Å². The molecule has 6 heteroatoms. The van der Waals surface area contributed by atoms with Gasteiger partial charge in [0, 0.05) is 8.47 Å². The first-order valence-corrected chi connectivity index (χ1v) is 9.19. The van der Waals surface area contributed by atoms with Gasteiger partial charge in [0.1, 0.15) is 0 Å². The van der Waals surface area contributed by atoms with E-state index in [0.29, 0.717) is 9.79 Å². The Morgan fingerprint density at radius 2 is 1.35 bits per heavy atom. The normalized spacial score (nSPS) is 11.8. The van der Waals surface area contributed by atoms with Crippen LogP contribution in [0.25, 0.3) is 0 Å². The molecule has 0 saturated heterocycles. The summed E-state index contributed by atoms with van der Waals surface area (Å²) >= 11 is 3.71. The van der Waals surface area contributed by atoms with Crippen molar-refractivity contribution in [2.75, 3.05) is 14.1 Å². The van der Waals surface area contributed by atoms with E-state index in [-0.39, 0.29) is 0 Å². The highest BCUT2D eigenvalue weighted by atomic mass is 127. The van der Waals surface area contributed by atoms with Gasteiger partial charge in [0.25, 0.3) is 0 Å². The van der Waals surface area contributed by atoms with Crippen molar-refractivity contribution in [3.63, 3.8) is 0 Å². The second-order valence-corrected chi connectivity index (χ2v) is 8.91. The van der Waals surface area contributed by atoms with Crippen LogP contribution in [-0.2, 0) is 9.84 Å². The van der Waals surface area contributed by atoms with E-state index in [1.54, 1.807) is 48.3 Å². The molecule has 0 saturated carbocycles. The Balaban J connectivity index is 2.32. The molecule has 3 nitrogen and oxygen atoms in total. The molecule has 106 valence electrons. The zero-order valence-electron chi connectivity index (χ0n) is 11.1. The lowest BCUT2D eigenvalue weighted by molar-refractivity contribution is 0.596. The molecular formula is C14H14INO2S2. The monoisotopic (exact) mass is 419 g/mol. The number of sulfone groups is 1. The summed E-state index contributed by atoms with van der Waals surface area (Å²) in [5.41, 5.74) is 0. The molecule has 0 fully saturated rings. The highest BCUT2D eigenvalue weighted by molar-refractivity contribution is 14.1. The molecule has 20 heavy (non-hydrogen) atoms. The highest BCUT2D eigenvalue weighted by Crippen LogP contribution is 2.25. The summed E-state index contributed by atoms with van der Waals surface area (Å²) in [5, 5.41) is 0. The maximum absolute atomic E-state index is 12.5. The van der Waals surface area contributed by atoms with Gasteiger partial charge in [0.15, 0.2) is 0 Å². The van der Waals surface area contributed by atoms with E-state index in [1.807, 2.05) is 30.5 Å². The third-order valence-corrected chi connectivity index (χ3v) is 5.90. The second-order valence-electron chi connectivity index (χ2n) is 4.33. The largest absolute Gasteiger partial charge is 0.253 e. The van der Waals surface area contributed by atoms with Crippen LogP contribution in [0.2, 0.25) is 0 Å². The van der Waals surface area contributed by atoms with Crippen LogP contribution in [0.5, 0.6) is 0 Å². The molecular weight excluding hydrogens is 405 g/mol. The maximum atomic E-state index is 12.5. The van der Waals surface area contributed by atoms with Crippen molar-refractivity contribution < 1.29 is 8.42 Å². The van der Waals surface area contributed by atoms with Crippen LogP contribution in [0.15, 0.2) is 63.2 Å². The average molecular weight is 419 g/mol. The molecule has 0 bridgehead atoms. The molecule has 2 rings (SSSR count). The fourth-order valence-corrected chi connectivity index (χ4v) is 3.94. The fourth-order valence-electron chi connectivity index (χ4n) is 1.64. The number of halogens is 1. The minimum atomic E-state index is -3.43. The molecule has 0 atom stereocenters. The molecule has 0 heterocycles. The molecule has 2 aromatic carbocycles. The molecule has 0 aromatic heterocycles. The van der Waals surface area contributed by atoms with Gasteiger partial charge >= 0.3 is 0 Å². The van der Waals surface area contributed by atoms with E-state index in [0.717, 1.165) is 8.47 Å². The van der Waals surface area contributed by atoms with Gasteiger partial charge in [-0.3, -0.25) is 4.31 Å². The van der Waals surface area contributed by atoms with Crippen LogP contribution in [0.3, 0.4) is 0 Å². The van der Waals surface area contributed by atoms with Crippen molar-refractivity contribution in [1.82, 2.24) is 4.31 Å². The van der Waals surface area contributed by atoms with Gasteiger partial charge in [-0.15, -0.1) is 0 Å². The van der Waals surface area contributed by atoms with E-state index in [4.69, 9.17) is 0 Å². The molecule has 0 N–H and O–H groups in total. The first-order valence-electron chi connectivity index (χ1n) is 5.85. The van der Waals surface area contributed by atoms with Gasteiger partial charge in [0.05, 0.1) is 9.79 Å². The molecule has 0 spiro atoms. The zero-order valence-corrected chi connectivity index (χ0v) is 14.9. The van der Waals surface area contributed by atoms with E-state index < -0.39 is 9.84 Å². The molecule has 0 amide bonds. The molecule has 2 aromatic rings. The van der Waals surface area contributed by atoms with Crippen molar-refractivity contribution >= 4 is 44.4 Å². The maximum Gasteiger partial charge on any atom is 0.206 e. The summed E-state index contributed by atoms with van der Waals surface area (Å²) in [6.07, 6.45) is 0.